The zero-order valence-corrected chi connectivity index (χ0v) is 23.7. The Morgan fingerprint density at radius 3 is 2.70 bits per heavy atom. The van der Waals surface area contributed by atoms with Crippen LogP contribution in [0.25, 0.3) is 11.3 Å². The summed E-state index contributed by atoms with van der Waals surface area (Å²) >= 11 is 0. The summed E-state index contributed by atoms with van der Waals surface area (Å²) in [5, 5.41) is 12.1. The summed E-state index contributed by atoms with van der Waals surface area (Å²) in [7, 11) is -1.29. The van der Waals surface area contributed by atoms with Crippen LogP contribution in [0.3, 0.4) is 0 Å². The highest BCUT2D eigenvalue weighted by atomic mass is 31.2. The van der Waals surface area contributed by atoms with Gasteiger partial charge in [-0.3, -0.25) is 14.0 Å². The van der Waals surface area contributed by atoms with Crippen LogP contribution in [-0.2, 0) is 28.0 Å². The maximum absolute atomic E-state index is 14.0. The number of methoxy groups -OCH3 is 1. The predicted octanol–water partition coefficient (Wildman–Crippen LogP) is 4.72. The topological polar surface area (TPSA) is 165 Å². The minimum absolute atomic E-state index is 0.00717. The second-order valence-corrected chi connectivity index (χ2v) is 11.2. The SMILES string of the molecule is CNC(=O)c1nc2ccc1Nc1nc(ncc1C(F)(F)F)Nc1ccc(cc1OC)CP(=O)(O)OCCCn1cc-2cn1. The number of alkyl halides is 3. The van der Waals surface area contributed by atoms with E-state index in [0.29, 0.717) is 36.0 Å². The van der Waals surface area contributed by atoms with Crippen LogP contribution in [0.1, 0.15) is 28.0 Å². The van der Waals surface area contributed by atoms with Gasteiger partial charge in [-0.05, 0) is 36.2 Å². The van der Waals surface area contributed by atoms with Crippen molar-refractivity contribution in [2.24, 2.45) is 0 Å². The Balaban J connectivity index is 1.62. The first-order chi connectivity index (χ1) is 20.5. The second kappa shape index (κ2) is 12.0. The Labute approximate surface area is 243 Å². The highest BCUT2D eigenvalue weighted by Crippen LogP contribution is 2.46. The van der Waals surface area contributed by atoms with Crippen molar-refractivity contribution in [1.82, 2.24) is 30.0 Å². The van der Waals surface area contributed by atoms with Gasteiger partial charge in [-0.1, -0.05) is 6.07 Å². The van der Waals surface area contributed by atoms with Crippen LogP contribution >= 0.6 is 7.60 Å². The molecule has 0 radical (unpaired) electrons. The van der Waals surface area contributed by atoms with E-state index < -0.39 is 31.1 Å². The van der Waals surface area contributed by atoms with Crippen molar-refractivity contribution in [2.75, 3.05) is 31.4 Å². The number of nitrogens with one attached hydrogen (secondary N) is 3. The van der Waals surface area contributed by atoms with Gasteiger partial charge in [0.05, 0.1) is 43.1 Å². The molecule has 4 N–H and O–H groups in total. The number of hydrogen-bond acceptors (Lipinski definition) is 10. The van der Waals surface area contributed by atoms with E-state index in [1.54, 1.807) is 16.9 Å². The monoisotopic (exact) mass is 618 g/mol. The number of aryl methyl sites for hydroxylation is 1. The second-order valence-electron chi connectivity index (χ2n) is 9.38. The van der Waals surface area contributed by atoms with E-state index in [-0.39, 0.29) is 41.5 Å². The van der Waals surface area contributed by atoms with E-state index in [9.17, 15) is 27.4 Å². The minimum Gasteiger partial charge on any atom is -0.495 e. The van der Waals surface area contributed by atoms with E-state index >= 15 is 0 Å². The quantitative estimate of drug-likeness (QED) is 0.230. The third-order valence-electron chi connectivity index (χ3n) is 6.33. The number of hydrogen-bond donors (Lipinski definition) is 4. The third-order valence-corrected chi connectivity index (χ3v) is 7.68. The van der Waals surface area contributed by atoms with Crippen LogP contribution in [0.2, 0.25) is 0 Å². The number of pyridine rings is 1. The molecule has 43 heavy (non-hydrogen) atoms. The Morgan fingerprint density at radius 2 is 1.95 bits per heavy atom. The molecule has 1 unspecified atom stereocenters. The zero-order valence-electron chi connectivity index (χ0n) is 22.8. The number of nitrogens with zero attached hydrogens (tertiary/aromatic N) is 5. The molecule has 0 fully saturated rings. The normalized spacial score (nSPS) is 17.3. The molecule has 3 aromatic heterocycles. The lowest BCUT2D eigenvalue weighted by Crippen LogP contribution is -2.21. The maximum atomic E-state index is 14.0. The van der Waals surface area contributed by atoms with Gasteiger partial charge in [0.1, 0.15) is 17.1 Å². The fraction of sp³-hybridized carbons (Fsp3) is 0.269. The zero-order chi connectivity index (χ0) is 30.8. The predicted molar refractivity (Wildman–Crippen MR) is 150 cm³/mol. The molecule has 226 valence electrons. The van der Waals surface area contributed by atoms with Crippen molar-refractivity contribution < 1.29 is 36.7 Å². The van der Waals surface area contributed by atoms with E-state index in [4.69, 9.17) is 9.26 Å². The van der Waals surface area contributed by atoms with E-state index in [1.165, 1.54) is 44.6 Å². The van der Waals surface area contributed by atoms with Crippen LogP contribution in [0.15, 0.2) is 48.9 Å². The lowest BCUT2D eigenvalue weighted by Gasteiger charge is -2.18. The largest absolute Gasteiger partial charge is 0.495 e. The lowest BCUT2D eigenvalue weighted by molar-refractivity contribution is -0.137. The summed E-state index contributed by atoms with van der Waals surface area (Å²) in [5.74, 6) is -1.29. The molecular weight excluding hydrogens is 592 g/mol. The van der Waals surface area contributed by atoms with Gasteiger partial charge >= 0.3 is 13.8 Å². The average Bonchev–Trinajstić information content (AvgIpc) is 3.44. The molecule has 4 aliphatic rings. The summed E-state index contributed by atoms with van der Waals surface area (Å²) in [6.07, 6.45) is -0.984. The molecule has 4 aliphatic heterocycles. The number of aromatic nitrogens is 5. The maximum Gasteiger partial charge on any atom is 0.421 e. The number of ether oxygens (including phenoxy) is 1. The molecule has 13 nitrogen and oxygen atoms in total. The first-order valence-corrected chi connectivity index (χ1v) is 14.6. The number of carbonyl (C=O) groups is 1. The van der Waals surface area contributed by atoms with Crippen LogP contribution in [0.5, 0.6) is 5.75 Å². The molecule has 8 bridgehead atoms. The molecule has 0 spiro atoms. The molecule has 1 atom stereocenters. The number of anilines is 4. The summed E-state index contributed by atoms with van der Waals surface area (Å²) < 4.78 is 66.9. The van der Waals surface area contributed by atoms with Gasteiger partial charge in [-0.15, -0.1) is 0 Å². The Morgan fingerprint density at radius 1 is 1.16 bits per heavy atom. The molecule has 17 heteroatoms. The van der Waals surface area contributed by atoms with Crippen LogP contribution < -0.4 is 20.7 Å². The van der Waals surface area contributed by atoms with Gasteiger partial charge in [0.15, 0.2) is 5.69 Å². The van der Waals surface area contributed by atoms with Crippen LogP contribution in [-0.4, -0.2) is 56.3 Å². The Kier molecular flexibility index (Phi) is 8.35. The van der Waals surface area contributed by atoms with Gasteiger partial charge in [0.25, 0.3) is 5.91 Å². The van der Waals surface area contributed by atoms with Gasteiger partial charge in [-0.2, -0.15) is 23.3 Å². The highest BCUT2D eigenvalue weighted by Gasteiger charge is 2.36. The van der Waals surface area contributed by atoms with Crippen LogP contribution in [0.4, 0.5) is 36.3 Å². The van der Waals surface area contributed by atoms with E-state index in [2.05, 4.69) is 36.0 Å². The minimum atomic E-state index is -4.83. The molecule has 4 aromatic rings. The van der Waals surface area contributed by atoms with Crippen molar-refractivity contribution in [1.29, 1.82) is 0 Å². The van der Waals surface area contributed by atoms with Gasteiger partial charge < -0.3 is 30.1 Å². The Bertz CT molecular complexity index is 1710. The first-order valence-electron chi connectivity index (χ1n) is 12.8. The van der Waals surface area contributed by atoms with Gasteiger partial charge in [-0.25, -0.2) is 9.97 Å². The first kappa shape index (κ1) is 29.9. The van der Waals surface area contributed by atoms with Crippen LogP contribution in [0, 0.1) is 0 Å². The summed E-state index contributed by atoms with van der Waals surface area (Å²) in [6, 6.07) is 7.49. The molecule has 1 aromatic carbocycles. The summed E-state index contributed by atoms with van der Waals surface area (Å²) in [5.41, 5.74) is 0.198. The molecular formula is C26H26F3N8O5P. The van der Waals surface area contributed by atoms with E-state index in [1.807, 2.05) is 0 Å². The van der Waals surface area contributed by atoms with Crippen molar-refractivity contribution in [2.45, 2.75) is 25.3 Å². The summed E-state index contributed by atoms with van der Waals surface area (Å²) in [4.78, 5) is 35.4. The van der Waals surface area contributed by atoms with Gasteiger partial charge in [0, 0.05) is 31.5 Å². The lowest BCUT2D eigenvalue weighted by atomic mass is 10.1. The average molecular weight is 619 g/mol. The highest BCUT2D eigenvalue weighted by molar-refractivity contribution is 7.51. The fourth-order valence-corrected chi connectivity index (χ4v) is 5.43. The van der Waals surface area contributed by atoms with Crippen molar-refractivity contribution in [3.8, 4) is 17.0 Å². The number of rotatable bonds is 2. The Hall–Kier alpha value is -4.53. The number of halogens is 3. The molecule has 7 heterocycles. The number of benzene rings is 1. The summed E-state index contributed by atoms with van der Waals surface area (Å²) in [6.45, 7) is 0.346. The molecule has 1 amide bonds. The van der Waals surface area contributed by atoms with Gasteiger partial charge in [0.2, 0.25) is 5.95 Å². The fourth-order valence-electron chi connectivity index (χ4n) is 4.27. The van der Waals surface area contributed by atoms with Crippen molar-refractivity contribution in [3.05, 3.63) is 65.7 Å². The van der Waals surface area contributed by atoms with E-state index in [0.717, 1.165) is 0 Å². The molecule has 0 saturated heterocycles. The molecule has 0 aliphatic carbocycles. The van der Waals surface area contributed by atoms with Crippen molar-refractivity contribution in [3.63, 3.8) is 0 Å². The standard InChI is InChI=1S/C26H26F3N8O5P/c1-30-24(38)22-20-7-6-18(33-22)16-11-32-37(13-16)8-3-9-42-43(39,40)14-15-4-5-19(21(10-15)41-2)35-25-31-12-17(26(27,28)29)23(34-20)36-25/h4-7,10-13H,3,8-9,14H2,1-2H3,(H,30,38)(H,39,40)(H2,31,34,35,36). The number of amides is 1. The van der Waals surface area contributed by atoms with Crippen molar-refractivity contribution >= 4 is 36.6 Å². The smallest absolute Gasteiger partial charge is 0.421 e. The number of carbonyl (C=O) groups excluding carboxylic acids is 1. The molecule has 0 saturated carbocycles. The molecule has 8 rings (SSSR count). The third kappa shape index (κ3) is 6.93.